The van der Waals surface area contributed by atoms with Crippen LogP contribution in [0.2, 0.25) is 0 Å². The van der Waals surface area contributed by atoms with E-state index in [9.17, 15) is 0 Å². The highest BCUT2D eigenvalue weighted by Crippen LogP contribution is 2.08. The fraction of sp³-hybridized carbons (Fsp3) is 0.273. The van der Waals surface area contributed by atoms with Gasteiger partial charge in [0.1, 0.15) is 0 Å². The second kappa shape index (κ2) is 5.90. The molecule has 1 rings (SSSR count). The van der Waals surface area contributed by atoms with E-state index in [0.717, 1.165) is 0 Å². The van der Waals surface area contributed by atoms with Gasteiger partial charge in [-0.3, -0.25) is 0 Å². The van der Waals surface area contributed by atoms with Gasteiger partial charge in [0.25, 0.3) is 0 Å². The van der Waals surface area contributed by atoms with E-state index in [-0.39, 0.29) is 0 Å². The van der Waals surface area contributed by atoms with Gasteiger partial charge in [-0.05, 0) is 29.2 Å². The van der Waals surface area contributed by atoms with Crippen molar-refractivity contribution in [1.82, 2.24) is 0 Å². The average Bonchev–Trinajstić information content (AvgIpc) is 2.14. The van der Waals surface area contributed by atoms with Gasteiger partial charge in [0.2, 0.25) is 0 Å². The lowest BCUT2D eigenvalue weighted by Crippen LogP contribution is -1.69. The summed E-state index contributed by atoms with van der Waals surface area (Å²) in [6.45, 7) is 2.20. The molecule has 1 heteroatoms. The first-order valence-corrected chi connectivity index (χ1v) is 5.31. The molecule has 0 aliphatic heterocycles. The lowest BCUT2D eigenvalue weighted by atomic mass is 10.2. The van der Waals surface area contributed by atoms with Crippen LogP contribution >= 0.6 is 11.8 Å². The minimum Gasteiger partial charge on any atom is -0.134 e. The van der Waals surface area contributed by atoms with Gasteiger partial charge in [0.15, 0.2) is 0 Å². The van der Waals surface area contributed by atoms with Crippen molar-refractivity contribution in [1.29, 1.82) is 0 Å². The van der Waals surface area contributed by atoms with E-state index in [1.165, 1.54) is 17.7 Å². The van der Waals surface area contributed by atoms with Crippen LogP contribution < -0.4 is 0 Å². The molecule has 0 aromatic heterocycles. The van der Waals surface area contributed by atoms with Crippen molar-refractivity contribution in [3.8, 4) is 0 Å². The van der Waals surface area contributed by atoms with Crippen LogP contribution in [0.15, 0.2) is 35.7 Å². The van der Waals surface area contributed by atoms with Gasteiger partial charge in [-0.1, -0.05) is 37.3 Å². The van der Waals surface area contributed by atoms with Crippen LogP contribution in [-0.4, -0.2) is 5.75 Å². The van der Waals surface area contributed by atoms with Gasteiger partial charge >= 0.3 is 0 Å². The standard InChI is InChI=1S/C11H14S/c1-2-9-12-10-8-11-6-4-3-5-7-11/h3-8,10H,2,9H2,1H3. The van der Waals surface area contributed by atoms with Crippen LogP contribution in [0.1, 0.15) is 18.9 Å². The van der Waals surface area contributed by atoms with E-state index in [0.29, 0.717) is 0 Å². The van der Waals surface area contributed by atoms with Crippen LogP contribution in [0.4, 0.5) is 0 Å². The molecular weight excluding hydrogens is 164 g/mol. The Morgan fingerprint density at radius 2 is 2.00 bits per heavy atom. The summed E-state index contributed by atoms with van der Waals surface area (Å²) in [5.41, 5.74) is 1.28. The molecule has 0 saturated carbocycles. The number of rotatable bonds is 4. The van der Waals surface area contributed by atoms with E-state index in [1.54, 1.807) is 0 Å². The van der Waals surface area contributed by atoms with E-state index >= 15 is 0 Å². The van der Waals surface area contributed by atoms with Crippen molar-refractivity contribution >= 4 is 17.8 Å². The van der Waals surface area contributed by atoms with Crippen molar-refractivity contribution in [2.45, 2.75) is 13.3 Å². The lowest BCUT2D eigenvalue weighted by molar-refractivity contribution is 1.11. The summed E-state index contributed by atoms with van der Waals surface area (Å²) < 4.78 is 0. The minimum absolute atomic E-state index is 1.21. The fourth-order valence-corrected chi connectivity index (χ4v) is 1.50. The molecule has 0 nitrogen and oxygen atoms in total. The molecular formula is C11H14S. The van der Waals surface area contributed by atoms with Crippen LogP contribution in [0.5, 0.6) is 0 Å². The Balaban J connectivity index is 2.36. The summed E-state index contributed by atoms with van der Waals surface area (Å²) in [6.07, 6.45) is 3.39. The van der Waals surface area contributed by atoms with E-state index in [1.807, 2.05) is 17.8 Å². The molecule has 0 spiro atoms. The smallest absolute Gasteiger partial charge is 0.00286 e. The first-order valence-electron chi connectivity index (χ1n) is 4.26. The summed E-state index contributed by atoms with van der Waals surface area (Å²) in [6, 6.07) is 10.4. The molecule has 0 amide bonds. The molecule has 0 atom stereocenters. The van der Waals surface area contributed by atoms with Gasteiger partial charge < -0.3 is 0 Å². The summed E-state index contributed by atoms with van der Waals surface area (Å²) in [7, 11) is 0. The van der Waals surface area contributed by atoms with Gasteiger partial charge in [-0.25, -0.2) is 0 Å². The van der Waals surface area contributed by atoms with Crippen LogP contribution in [0.25, 0.3) is 6.08 Å². The summed E-state index contributed by atoms with van der Waals surface area (Å²) >= 11 is 1.87. The quantitative estimate of drug-likeness (QED) is 0.632. The predicted molar refractivity (Wildman–Crippen MR) is 58.2 cm³/mol. The topological polar surface area (TPSA) is 0 Å². The molecule has 0 aliphatic rings. The molecule has 12 heavy (non-hydrogen) atoms. The second-order valence-electron chi connectivity index (χ2n) is 2.58. The Labute approximate surface area is 78.7 Å². The first-order chi connectivity index (χ1) is 5.93. The summed E-state index contributed by atoms with van der Waals surface area (Å²) in [5.74, 6) is 1.21. The highest BCUT2D eigenvalue weighted by molar-refractivity contribution is 8.02. The Hall–Kier alpha value is -0.690. The zero-order valence-electron chi connectivity index (χ0n) is 7.36. The number of thioether (sulfide) groups is 1. The summed E-state index contributed by atoms with van der Waals surface area (Å²) in [4.78, 5) is 0. The maximum absolute atomic E-state index is 2.20. The van der Waals surface area contributed by atoms with Crippen molar-refractivity contribution in [3.05, 3.63) is 41.3 Å². The molecule has 0 bridgehead atoms. The van der Waals surface area contributed by atoms with Crippen molar-refractivity contribution in [3.63, 3.8) is 0 Å². The SMILES string of the molecule is CCCSC=Cc1ccccc1. The molecule has 1 aromatic carbocycles. The third-order valence-corrected chi connectivity index (χ3v) is 2.45. The normalized spacial score (nSPS) is 10.8. The van der Waals surface area contributed by atoms with Gasteiger partial charge in [0, 0.05) is 0 Å². The monoisotopic (exact) mass is 178 g/mol. The second-order valence-corrected chi connectivity index (χ2v) is 3.60. The molecule has 1 aromatic rings. The highest BCUT2D eigenvalue weighted by atomic mass is 32.2. The Bertz CT molecular complexity index is 226. The Morgan fingerprint density at radius 3 is 2.67 bits per heavy atom. The molecule has 0 heterocycles. The van der Waals surface area contributed by atoms with Gasteiger partial charge in [0.05, 0.1) is 0 Å². The first kappa shape index (κ1) is 9.40. The minimum atomic E-state index is 1.21. The highest BCUT2D eigenvalue weighted by Gasteiger charge is 1.82. The molecule has 0 fully saturated rings. The third kappa shape index (κ3) is 3.63. The van der Waals surface area contributed by atoms with Crippen LogP contribution in [-0.2, 0) is 0 Å². The molecule has 0 radical (unpaired) electrons. The maximum Gasteiger partial charge on any atom is -0.00286 e. The zero-order chi connectivity index (χ0) is 8.65. The molecule has 0 N–H and O–H groups in total. The fourth-order valence-electron chi connectivity index (χ4n) is 0.877. The maximum atomic E-state index is 2.20. The van der Waals surface area contributed by atoms with Crippen molar-refractivity contribution < 1.29 is 0 Å². The third-order valence-electron chi connectivity index (χ3n) is 1.48. The Morgan fingerprint density at radius 1 is 1.25 bits per heavy atom. The Kier molecular flexibility index (Phi) is 4.62. The molecule has 0 unspecified atom stereocenters. The van der Waals surface area contributed by atoms with E-state index in [2.05, 4.69) is 42.7 Å². The molecule has 0 saturated heterocycles. The number of hydrogen-bond donors (Lipinski definition) is 0. The van der Waals surface area contributed by atoms with Gasteiger partial charge in [-0.15, -0.1) is 11.8 Å². The van der Waals surface area contributed by atoms with Crippen LogP contribution in [0.3, 0.4) is 0 Å². The number of benzene rings is 1. The lowest BCUT2D eigenvalue weighted by Gasteiger charge is -1.91. The van der Waals surface area contributed by atoms with Crippen LogP contribution in [0, 0.1) is 0 Å². The molecule has 64 valence electrons. The predicted octanol–water partition coefficient (Wildman–Crippen LogP) is 3.80. The van der Waals surface area contributed by atoms with E-state index < -0.39 is 0 Å². The van der Waals surface area contributed by atoms with Crippen molar-refractivity contribution in [2.75, 3.05) is 5.75 Å². The number of hydrogen-bond acceptors (Lipinski definition) is 1. The van der Waals surface area contributed by atoms with E-state index in [4.69, 9.17) is 0 Å². The largest absolute Gasteiger partial charge is 0.134 e. The van der Waals surface area contributed by atoms with Gasteiger partial charge in [-0.2, -0.15) is 0 Å². The van der Waals surface area contributed by atoms with Crippen molar-refractivity contribution in [2.24, 2.45) is 0 Å². The molecule has 0 aliphatic carbocycles. The zero-order valence-corrected chi connectivity index (χ0v) is 8.18. The average molecular weight is 178 g/mol. The summed E-state index contributed by atoms with van der Waals surface area (Å²) in [5, 5.41) is 2.17.